The van der Waals surface area contributed by atoms with Crippen LogP contribution < -0.4 is 0 Å². The van der Waals surface area contributed by atoms with E-state index in [1.54, 1.807) is 18.5 Å². The lowest BCUT2D eigenvalue weighted by Gasteiger charge is -2.15. The van der Waals surface area contributed by atoms with Crippen LogP contribution in [0.4, 0.5) is 13.2 Å². The monoisotopic (exact) mass is 295 g/mol. The molecule has 0 saturated carbocycles. The molecule has 1 N–H and O–H groups in total. The van der Waals surface area contributed by atoms with E-state index in [9.17, 15) is 18.3 Å². The molecule has 1 unspecified atom stereocenters. The average molecular weight is 295 g/mol. The molecule has 0 bridgehead atoms. The number of aromatic nitrogens is 1. The van der Waals surface area contributed by atoms with Crippen molar-refractivity contribution in [1.29, 1.82) is 0 Å². The Hall–Kier alpha value is -1.88. The summed E-state index contributed by atoms with van der Waals surface area (Å²) in [6, 6.07) is 6.62. The Morgan fingerprint density at radius 3 is 2.38 bits per heavy atom. The number of hydrogen-bond donors (Lipinski definition) is 1. The van der Waals surface area contributed by atoms with Crippen LogP contribution in [0.15, 0.2) is 42.7 Å². The second kappa shape index (κ2) is 6.26. The first-order chi connectivity index (χ1) is 9.91. The summed E-state index contributed by atoms with van der Waals surface area (Å²) in [6.07, 6.45) is -0.768. The molecule has 2 rings (SSSR count). The molecule has 2 aromatic rings. The predicted octanol–water partition coefficient (Wildman–Crippen LogP) is 3.94. The summed E-state index contributed by atoms with van der Waals surface area (Å²) >= 11 is 0. The molecule has 0 aliphatic carbocycles. The van der Waals surface area contributed by atoms with E-state index in [2.05, 4.69) is 4.98 Å². The third-order valence-electron chi connectivity index (χ3n) is 3.39. The van der Waals surface area contributed by atoms with E-state index in [0.29, 0.717) is 5.56 Å². The molecule has 0 spiro atoms. The van der Waals surface area contributed by atoms with Crippen LogP contribution in [0.3, 0.4) is 0 Å². The smallest absolute Gasteiger partial charge is 0.388 e. The Labute approximate surface area is 121 Å². The van der Waals surface area contributed by atoms with Crippen LogP contribution in [0.5, 0.6) is 0 Å². The minimum atomic E-state index is -4.34. The van der Waals surface area contributed by atoms with Gasteiger partial charge < -0.3 is 5.11 Å². The number of rotatable bonds is 4. The second-order valence-corrected chi connectivity index (χ2v) is 4.84. The Morgan fingerprint density at radius 1 is 1.14 bits per heavy atom. The standard InChI is InChI=1S/C16H16F3NO/c1-2-12-10-20-8-7-14(12)15(21)9-11-3-5-13(6-4-11)16(17,18)19/h3-8,10,15,21H,2,9H2,1H3. The second-order valence-electron chi connectivity index (χ2n) is 4.84. The van der Waals surface area contributed by atoms with Crippen LogP contribution in [-0.4, -0.2) is 10.1 Å². The Morgan fingerprint density at radius 2 is 1.81 bits per heavy atom. The molecule has 0 fully saturated rings. The van der Waals surface area contributed by atoms with Crippen molar-refractivity contribution in [2.45, 2.75) is 32.0 Å². The van der Waals surface area contributed by atoms with Gasteiger partial charge >= 0.3 is 6.18 Å². The van der Waals surface area contributed by atoms with Gasteiger partial charge in [0.25, 0.3) is 0 Å². The van der Waals surface area contributed by atoms with E-state index >= 15 is 0 Å². The van der Waals surface area contributed by atoms with Crippen molar-refractivity contribution in [1.82, 2.24) is 4.98 Å². The number of aryl methyl sites for hydroxylation is 1. The molecule has 0 aliphatic rings. The summed E-state index contributed by atoms with van der Waals surface area (Å²) in [5.74, 6) is 0. The largest absolute Gasteiger partial charge is 0.416 e. The topological polar surface area (TPSA) is 33.1 Å². The molecule has 2 nitrogen and oxygen atoms in total. The summed E-state index contributed by atoms with van der Waals surface area (Å²) in [5.41, 5.74) is 1.69. The normalized spacial score (nSPS) is 13.2. The van der Waals surface area contributed by atoms with Crippen molar-refractivity contribution in [2.75, 3.05) is 0 Å². The van der Waals surface area contributed by atoms with Crippen molar-refractivity contribution >= 4 is 0 Å². The van der Waals surface area contributed by atoms with Crippen LogP contribution in [0.25, 0.3) is 0 Å². The van der Waals surface area contributed by atoms with Gasteiger partial charge in [-0.3, -0.25) is 4.98 Å². The molecular weight excluding hydrogens is 279 g/mol. The number of pyridine rings is 1. The maximum Gasteiger partial charge on any atom is 0.416 e. The van der Waals surface area contributed by atoms with Crippen LogP contribution >= 0.6 is 0 Å². The van der Waals surface area contributed by atoms with Crippen molar-refractivity contribution in [3.63, 3.8) is 0 Å². The minimum Gasteiger partial charge on any atom is -0.388 e. The summed E-state index contributed by atoms with van der Waals surface area (Å²) in [5, 5.41) is 10.3. The van der Waals surface area contributed by atoms with Crippen molar-refractivity contribution < 1.29 is 18.3 Å². The highest BCUT2D eigenvalue weighted by Crippen LogP contribution is 2.30. The third kappa shape index (κ3) is 3.82. The highest BCUT2D eigenvalue weighted by atomic mass is 19.4. The Kier molecular flexibility index (Phi) is 4.63. The van der Waals surface area contributed by atoms with Gasteiger partial charge in [0.2, 0.25) is 0 Å². The van der Waals surface area contributed by atoms with Crippen LogP contribution in [0, 0.1) is 0 Å². The van der Waals surface area contributed by atoms with Gasteiger partial charge in [-0.05, 0) is 41.3 Å². The number of nitrogens with zero attached hydrogens (tertiary/aromatic N) is 1. The van der Waals surface area contributed by atoms with Gasteiger partial charge in [-0.1, -0.05) is 19.1 Å². The fourth-order valence-electron chi connectivity index (χ4n) is 2.22. The SMILES string of the molecule is CCc1cnccc1C(O)Cc1ccc(C(F)(F)F)cc1. The quantitative estimate of drug-likeness (QED) is 0.926. The van der Waals surface area contributed by atoms with Gasteiger partial charge in [-0.25, -0.2) is 0 Å². The van der Waals surface area contributed by atoms with Gasteiger partial charge in [0.15, 0.2) is 0 Å². The highest BCUT2D eigenvalue weighted by Gasteiger charge is 2.30. The molecule has 1 aromatic carbocycles. The van der Waals surface area contributed by atoms with Crippen molar-refractivity contribution in [2.24, 2.45) is 0 Å². The fraction of sp³-hybridized carbons (Fsp3) is 0.312. The van der Waals surface area contributed by atoms with E-state index in [0.717, 1.165) is 29.7 Å². The summed E-state index contributed by atoms with van der Waals surface area (Å²) in [4.78, 5) is 4.01. The zero-order valence-corrected chi connectivity index (χ0v) is 11.6. The molecule has 0 amide bonds. The molecule has 112 valence electrons. The lowest BCUT2D eigenvalue weighted by Crippen LogP contribution is -2.07. The molecule has 0 aliphatic heterocycles. The summed E-state index contributed by atoms with van der Waals surface area (Å²) in [7, 11) is 0. The van der Waals surface area contributed by atoms with Gasteiger partial charge in [-0.2, -0.15) is 13.2 Å². The number of alkyl halides is 3. The molecule has 5 heteroatoms. The van der Waals surface area contributed by atoms with Crippen LogP contribution in [-0.2, 0) is 19.0 Å². The molecule has 1 atom stereocenters. The van der Waals surface area contributed by atoms with E-state index in [-0.39, 0.29) is 6.42 Å². The van der Waals surface area contributed by atoms with Gasteiger partial charge in [0, 0.05) is 18.8 Å². The van der Waals surface area contributed by atoms with Gasteiger partial charge in [0.05, 0.1) is 11.7 Å². The first kappa shape index (κ1) is 15.5. The van der Waals surface area contributed by atoms with E-state index in [4.69, 9.17) is 0 Å². The van der Waals surface area contributed by atoms with Gasteiger partial charge in [0.1, 0.15) is 0 Å². The average Bonchev–Trinajstić information content (AvgIpc) is 2.46. The van der Waals surface area contributed by atoms with Crippen LogP contribution in [0.2, 0.25) is 0 Å². The number of halogens is 3. The minimum absolute atomic E-state index is 0.273. The zero-order valence-electron chi connectivity index (χ0n) is 11.6. The fourth-order valence-corrected chi connectivity index (χ4v) is 2.22. The molecular formula is C16H16F3NO. The Bertz CT molecular complexity index is 593. The lowest BCUT2D eigenvalue weighted by molar-refractivity contribution is -0.137. The molecule has 21 heavy (non-hydrogen) atoms. The molecule has 0 saturated heterocycles. The molecule has 1 aromatic heterocycles. The third-order valence-corrected chi connectivity index (χ3v) is 3.39. The van der Waals surface area contributed by atoms with Gasteiger partial charge in [-0.15, -0.1) is 0 Å². The predicted molar refractivity (Wildman–Crippen MR) is 73.7 cm³/mol. The highest BCUT2D eigenvalue weighted by molar-refractivity contribution is 5.29. The number of hydrogen-bond acceptors (Lipinski definition) is 2. The molecule has 0 radical (unpaired) electrons. The van der Waals surface area contributed by atoms with E-state index in [1.807, 2.05) is 6.92 Å². The maximum atomic E-state index is 12.5. The Balaban J connectivity index is 2.14. The molecule has 1 heterocycles. The zero-order chi connectivity index (χ0) is 15.5. The number of aliphatic hydroxyl groups excluding tert-OH is 1. The summed E-state index contributed by atoms with van der Waals surface area (Å²) < 4.78 is 37.5. The number of benzene rings is 1. The number of aliphatic hydroxyl groups is 1. The van der Waals surface area contributed by atoms with Crippen molar-refractivity contribution in [3.8, 4) is 0 Å². The first-order valence-corrected chi connectivity index (χ1v) is 6.68. The maximum absolute atomic E-state index is 12.5. The first-order valence-electron chi connectivity index (χ1n) is 6.68. The summed E-state index contributed by atoms with van der Waals surface area (Å²) in [6.45, 7) is 1.96. The van der Waals surface area contributed by atoms with E-state index < -0.39 is 17.8 Å². The van der Waals surface area contributed by atoms with E-state index in [1.165, 1.54) is 12.1 Å². The lowest BCUT2D eigenvalue weighted by atomic mass is 9.97. The van der Waals surface area contributed by atoms with Crippen LogP contribution in [0.1, 0.15) is 35.3 Å². The van der Waals surface area contributed by atoms with Crippen molar-refractivity contribution in [3.05, 3.63) is 65.0 Å².